The molecule has 1 atom stereocenters. The second-order valence-corrected chi connectivity index (χ2v) is 9.56. The van der Waals surface area contributed by atoms with Crippen molar-refractivity contribution in [2.24, 2.45) is 11.8 Å². The minimum Gasteiger partial charge on any atom is -0.343 e. The zero-order valence-corrected chi connectivity index (χ0v) is 17.7. The topological polar surface area (TPSA) is 47.1 Å². The number of nitrogens with zero attached hydrogens (tertiary/aromatic N) is 4. The lowest BCUT2D eigenvalue weighted by Crippen LogP contribution is -2.54. The van der Waals surface area contributed by atoms with Gasteiger partial charge >= 0.3 is 0 Å². The quantitative estimate of drug-likeness (QED) is 0.716. The first-order valence-corrected chi connectivity index (χ1v) is 11.6. The van der Waals surface area contributed by atoms with Crippen molar-refractivity contribution in [3.05, 3.63) is 0 Å². The highest BCUT2D eigenvalue weighted by Crippen LogP contribution is 2.34. The lowest BCUT2D eigenvalue weighted by Gasteiger charge is -2.43. The van der Waals surface area contributed by atoms with E-state index >= 15 is 0 Å². The number of carbonyl (C=O) groups excluding carboxylic acids is 2. The molecule has 2 amide bonds. The molecule has 0 aromatic carbocycles. The number of hydrogen-bond acceptors (Lipinski definition) is 4. The number of likely N-dealkylation sites (N-methyl/N-ethyl adjacent to an activating group) is 1. The Balaban J connectivity index is 1.22. The van der Waals surface area contributed by atoms with Gasteiger partial charge in [-0.2, -0.15) is 0 Å². The first kappa shape index (κ1) is 20.1. The van der Waals surface area contributed by atoms with Gasteiger partial charge in [0.05, 0.1) is 5.92 Å². The van der Waals surface area contributed by atoms with Gasteiger partial charge in [-0.15, -0.1) is 0 Å². The molecule has 4 fully saturated rings. The Morgan fingerprint density at radius 1 is 0.821 bits per heavy atom. The van der Waals surface area contributed by atoms with Gasteiger partial charge in [-0.25, -0.2) is 0 Å². The fourth-order valence-corrected chi connectivity index (χ4v) is 5.20. The van der Waals surface area contributed by atoms with Gasteiger partial charge in [0.15, 0.2) is 0 Å². The number of piperidine rings is 2. The maximum absolute atomic E-state index is 13.0. The highest BCUT2D eigenvalue weighted by molar-refractivity contribution is 5.79. The van der Waals surface area contributed by atoms with Crippen molar-refractivity contribution in [1.29, 1.82) is 0 Å². The molecule has 0 unspecified atom stereocenters. The Morgan fingerprint density at radius 3 is 2.21 bits per heavy atom. The lowest BCUT2D eigenvalue weighted by atomic mass is 9.92. The van der Waals surface area contributed by atoms with Crippen LogP contribution in [0.1, 0.15) is 51.4 Å². The SMILES string of the molecule is CN1CCN(C(=O)[C@@H]2CCCN(C3CCN(C(=O)CCC4CC4)CC3)C2)CC1. The van der Waals surface area contributed by atoms with Gasteiger partial charge in [0.25, 0.3) is 0 Å². The van der Waals surface area contributed by atoms with Crippen LogP contribution in [0, 0.1) is 11.8 Å². The summed E-state index contributed by atoms with van der Waals surface area (Å²) in [7, 11) is 2.13. The normalized spacial score (nSPS) is 28.5. The van der Waals surface area contributed by atoms with Crippen LogP contribution in [0.15, 0.2) is 0 Å². The molecule has 6 nitrogen and oxygen atoms in total. The van der Waals surface area contributed by atoms with Gasteiger partial charge < -0.3 is 14.7 Å². The summed E-state index contributed by atoms with van der Waals surface area (Å²) in [5.41, 5.74) is 0. The molecule has 0 N–H and O–H groups in total. The van der Waals surface area contributed by atoms with Gasteiger partial charge in [-0.1, -0.05) is 12.8 Å². The zero-order chi connectivity index (χ0) is 19.5. The molecule has 3 saturated heterocycles. The van der Waals surface area contributed by atoms with Crippen LogP contribution < -0.4 is 0 Å². The van der Waals surface area contributed by atoms with Crippen LogP contribution in [-0.4, -0.2) is 96.9 Å². The maximum Gasteiger partial charge on any atom is 0.227 e. The molecule has 1 saturated carbocycles. The second kappa shape index (κ2) is 9.12. The van der Waals surface area contributed by atoms with E-state index in [0.29, 0.717) is 17.9 Å². The summed E-state index contributed by atoms with van der Waals surface area (Å²) >= 11 is 0. The van der Waals surface area contributed by atoms with E-state index in [-0.39, 0.29) is 5.92 Å². The lowest BCUT2D eigenvalue weighted by molar-refractivity contribution is -0.139. The molecular weight excluding hydrogens is 352 g/mol. The average molecular weight is 391 g/mol. The molecule has 6 heteroatoms. The van der Waals surface area contributed by atoms with Crippen molar-refractivity contribution >= 4 is 11.8 Å². The van der Waals surface area contributed by atoms with E-state index in [9.17, 15) is 9.59 Å². The van der Waals surface area contributed by atoms with Crippen molar-refractivity contribution in [1.82, 2.24) is 19.6 Å². The molecule has 3 heterocycles. The highest BCUT2D eigenvalue weighted by Gasteiger charge is 2.34. The predicted molar refractivity (Wildman–Crippen MR) is 110 cm³/mol. The number of amides is 2. The Labute approximate surface area is 170 Å². The summed E-state index contributed by atoms with van der Waals surface area (Å²) in [5.74, 6) is 1.76. The largest absolute Gasteiger partial charge is 0.343 e. The van der Waals surface area contributed by atoms with E-state index in [0.717, 1.165) is 96.8 Å². The van der Waals surface area contributed by atoms with Gasteiger partial charge in [0.2, 0.25) is 11.8 Å². The van der Waals surface area contributed by atoms with E-state index in [1.54, 1.807) is 0 Å². The Hall–Kier alpha value is -1.14. The van der Waals surface area contributed by atoms with Crippen LogP contribution in [0.5, 0.6) is 0 Å². The number of carbonyl (C=O) groups is 2. The van der Waals surface area contributed by atoms with Crippen LogP contribution in [0.2, 0.25) is 0 Å². The van der Waals surface area contributed by atoms with E-state index in [2.05, 4.69) is 26.6 Å². The first-order chi connectivity index (χ1) is 13.6. The summed E-state index contributed by atoms with van der Waals surface area (Å²) in [6, 6.07) is 0.551. The van der Waals surface area contributed by atoms with Gasteiger partial charge in [-0.3, -0.25) is 14.5 Å². The molecule has 28 heavy (non-hydrogen) atoms. The van der Waals surface area contributed by atoms with Crippen LogP contribution in [0.3, 0.4) is 0 Å². The minimum absolute atomic E-state index is 0.176. The Bertz CT molecular complexity index is 549. The molecule has 4 rings (SSSR count). The summed E-state index contributed by atoms with van der Waals surface area (Å²) in [5, 5.41) is 0. The molecule has 0 radical (unpaired) electrons. The summed E-state index contributed by atoms with van der Waals surface area (Å²) in [6.45, 7) is 7.60. The van der Waals surface area contributed by atoms with Crippen molar-refractivity contribution < 1.29 is 9.59 Å². The third-order valence-corrected chi connectivity index (χ3v) is 7.41. The number of hydrogen-bond donors (Lipinski definition) is 0. The smallest absolute Gasteiger partial charge is 0.227 e. The third-order valence-electron chi connectivity index (χ3n) is 7.41. The standard InChI is InChI=1S/C22H38N4O2/c1-23-13-15-25(16-14-23)22(28)19-3-2-10-26(17-19)20-8-11-24(12-9-20)21(27)7-6-18-4-5-18/h18-20H,2-17H2,1H3/t19-/m1/s1. The molecule has 3 aliphatic heterocycles. The molecule has 158 valence electrons. The molecular formula is C22H38N4O2. The molecule has 0 bridgehead atoms. The molecule has 0 aromatic heterocycles. The average Bonchev–Trinajstić information content (AvgIpc) is 3.57. The minimum atomic E-state index is 0.176. The third kappa shape index (κ3) is 5.07. The van der Waals surface area contributed by atoms with Gasteiger partial charge in [-0.05, 0) is 51.6 Å². The summed E-state index contributed by atoms with van der Waals surface area (Å²) < 4.78 is 0. The highest BCUT2D eigenvalue weighted by atomic mass is 16.2. The second-order valence-electron chi connectivity index (χ2n) is 9.56. The summed E-state index contributed by atoms with van der Waals surface area (Å²) in [4.78, 5) is 34.5. The molecule has 4 aliphatic rings. The van der Waals surface area contributed by atoms with Crippen LogP contribution in [0.4, 0.5) is 0 Å². The zero-order valence-electron chi connectivity index (χ0n) is 17.7. The van der Waals surface area contributed by atoms with E-state index < -0.39 is 0 Å². The molecule has 0 spiro atoms. The number of rotatable bonds is 5. The van der Waals surface area contributed by atoms with E-state index in [1.807, 2.05) is 0 Å². The fraction of sp³-hybridized carbons (Fsp3) is 0.909. The summed E-state index contributed by atoms with van der Waals surface area (Å²) in [6.07, 6.45) is 8.83. The van der Waals surface area contributed by atoms with Gasteiger partial charge in [0.1, 0.15) is 0 Å². The van der Waals surface area contributed by atoms with Gasteiger partial charge in [0, 0.05) is 58.3 Å². The van der Waals surface area contributed by atoms with Crippen LogP contribution >= 0.6 is 0 Å². The monoisotopic (exact) mass is 390 g/mol. The van der Waals surface area contributed by atoms with E-state index in [1.165, 1.54) is 12.8 Å². The van der Waals surface area contributed by atoms with Crippen LogP contribution in [0.25, 0.3) is 0 Å². The Morgan fingerprint density at radius 2 is 1.54 bits per heavy atom. The number of piperazine rings is 1. The Kier molecular flexibility index (Phi) is 6.56. The number of likely N-dealkylation sites (tertiary alicyclic amines) is 2. The fourth-order valence-electron chi connectivity index (χ4n) is 5.20. The molecule has 0 aromatic rings. The van der Waals surface area contributed by atoms with Crippen molar-refractivity contribution in [3.8, 4) is 0 Å². The predicted octanol–water partition coefficient (Wildman–Crippen LogP) is 1.65. The first-order valence-electron chi connectivity index (χ1n) is 11.6. The van der Waals surface area contributed by atoms with E-state index in [4.69, 9.17) is 0 Å². The maximum atomic E-state index is 13.0. The van der Waals surface area contributed by atoms with Crippen molar-refractivity contribution in [2.45, 2.75) is 57.4 Å². The molecule has 1 aliphatic carbocycles. The van der Waals surface area contributed by atoms with Crippen molar-refractivity contribution in [3.63, 3.8) is 0 Å². The van der Waals surface area contributed by atoms with Crippen molar-refractivity contribution in [2.75, 3.05) is 59.4 Å². The van der Waals surface area contributed by atoms with Crippen LogP contribution in [-0.2, 0) is 9.59 Å².